The quantitative estimate of drug-likeness (QED) is 0.100. The summed E-state index contributed by atoms with van der Waals surface area (Å²) in [5, 5.41) is 9.89. The van der Waals surface area contributed by atoms with Crippen LogP contribution in [0.4, 0.5) is 17.1 Å². The van der Waals surface area contributed by atoms with Crippen LogP contribution >= 0.6 is 0 Å². The molecule has 44 heavy (non-hydrogen) atoms. The fourth-order valence-electron chi connectivity index (χ4n) is 3.84. The van der Waals surface area contributed by atoms with Gasteiger partial charge in [0.2, 0.25) is 5.96 Å². The van der Waals surface area contributed by atoms with Crippen LogP contribution in [0.5, 0.6) is 0 Å². The molecule has 0 bridgehead atoms. The van der Waals surface area contributed by atoms with Crippen LogP contribution in [0.15, 0.2) is 70.5 Å². The minimum absolute atomic E-state index is 0.257. The Labute approximate surface area is 266 Å². The normalized spacial score (nSPS) is 14.4. The van der Waals surface area contributed by atoms with Crippen molar-refractivity contribution in [2.24, 2.45) is 20.8 Å². The number of anilines is 3. The van der Waals surface area contributed by atoms with Crippen molar-refractivity contribution < 1.29 is 4.74 Å². The van der Waals surface area contributed by atoms with Crippen molar-refractivity contribution in [3.05, 3.63) is 61.1 Å². The maximum absolute atomic E-state index is 5.88. The third-order valence-corrected chi connectivity index (χ3v) is 5.93. The summed E-state index contributed by atoms with van der Waals surface area (Å²) < 4.78 is 5.40. The molecule has 1 fully saturated rings. The van der Waals surface area contributed by atoms with E-state index in [2.05, 4.69) is 72.9 Å². The third kappa shape index (κ3) is 15.1. The minimum Gasteiger partial charge on any atom is -0.380 e. The van der Waals surface area contributed by atoms with Crippen molar-refractivity contribution in [2.45, 2.75) is 74.3 Å². The van der Waals surface area contributed by atoms with Crippen molar-refractivity contribution in [2.75, 3.05) is 50.2 Å². The summed E-state index contributed by atoms with van der Waals surface area (Å²) >= 11 is 0. The van der Waals surface area contributed by atoms with Gasteiger partial charge in [-0.1, -0.05) is 54.2 Å². The fraction of sp³-hybridized carbons (Fsp3) is 0.515. The molecule has 11 heteroatoms. The molecule has 1 atom stereocenters. The molecule has 0 spiro atoms. The average Bonchev–Trinajstić information content (AvgIpc) is 3.51. The molecule has 3 rings (SSSR count). The average molecular weight is 611 g/mol. The number of rotatable bonds is 12. The van der Waals surface area contributed by atoms with Crippen LogP contribution in [0.3, 0.4) is 0 Å². The zero-order valence-electron chi connectivity index (χ0n) is 28.6. The molecule has 1 aromatic heterocycles. The van der Waals surface area contributed by atoms with Gasteiger partial charge in [0.05, 0.1) is 30.7 Å². The second-order valence-corrected chi connectivity index (χ2v) is 8.74. The number of hydrogen-bond donors (Lipinski definition) is 4. The summed E-state index contributed by atoms with van der Waals surface area (Å²) in [7, 11) is 1.91. The van der Waals surface area contributed by atoms with Crippen LogP contribution in [-0.2, 0) is 11.2 Å². The zero-order valence-corrected chi connectivity index (χ0v) is 28.6. The lowest BCUT2D eigenvalue weighted by Crippen LogP contribution is -2.37. The van der Waals surface area contributed by atoms with E-state index in [4.69, 9.17) is 10.5 Å². The Kier molecular flexibility index (Phi) is 23.5. The zero-order chi connectivity index (χ0) is 33.2. The number of likely N-dealkylation sites (N-methyl/N-ethyl adjacent to an activating group) is 1. The number of hydrazine groups is 1. The van der Waals surface area contributed by atoms with Crippen molar-refractivity contribution in [3.63, 3.8) is 0 Å². The number of nitrogens with zero attached hydrogens (tertiary/aromatic N) is 6. The number of amidine groups is 1. The summed E-state index contributed by atoms with van der Waals surface area (Å²) in [6.45, 7) is 23.0. The Morgan fingerprint density at radius 3 is 2.52 bits per heavy atom. The smallest absolute Gasteiger partial charge is 0.245 e. The highest BCUT2D eigenvalue weighted by atomic mass is 16.5. The molecule has 246 valence electrons. The van der Waals surface area contributed by atoms with Crippen LogP contribution in [0.1, 0.15) is 67.5 Å². The number of hydrogen-bond acceptors (Lipinski definition) is 8. The number of nitrogens with two attached hydrogens (primary N) is 1. The number of nitrogens with one attached hydrogen (secondary N) is 3. The van der Waals surface area contributed by atoms with Crippen molar-refractivity contribution >= 4 is 35.1 Å². The fourth-order valence-corrected chi connectivity index (χ4v) is 3.84. The molecule has 0 amide bonds. The van der Waals surface area contributed by atoms with Crippen LogP contribution in [0.2, 0.25) is 0 Å². The molecule has 1 aromatic carbocycles. The van der Waals surface area contributed by atoms with Gasteiger partial charge in [0, 0.05) is 63.0 Å². The minimum atomic E-state index is 0.257. The third-order valence-electron chi connectivity index (χ3n) is 5.93. The molecular weight excluding hydrogens is 552 g/mol. The van der Waals surface area contributed by atoms with Gasteiger partial charge in [0.15, 0.2) is 0 Å². The first-order valence-electron chi connectivity index (χ1n) is 15.9. The van der Waals surface area contributed by atoms with Gasteiger partial charge < -0.3 is 25.7 Å². The first-order valence-corrected chi connectivity index (χ1v) is 15.9. The molecule has 2 aromatic rings. The van der Waals surface area contributed by atoms with Gasteiger partial charge in [-0.15, -0.1) is 0 Å². The van der Waals surface area contributed by atoms with Gasteiger partial charge in [-0.3, -0.25) is 4.98 Å². The standard InChI is InChI=1S/C27H40N10O.3C2H6/c1-5-29-27(34-26(19-28)36(4)16-17-38-6-2)35-31-14-13-22-10-11-24(20-30-22)33-23-8-7-9-25(18-23)37-21(3)12-15-32-37;3*1-2/h5,7-11,14,18,20-21,32-33H,1,6,12-13,15-17,19,28H2,2-4H3,(H,29,35);3*1-2H3/b31-14+,34-26+;;;. The molecule has 2 heterocycles. The van der Waals surface area contributed by atoms with Crippen molar-refractivity contribution in [3.8, 4) is 0 Å². The Morgan fingerprint density at radius 2 is 1.93 bits per heavy atom. The van der Waals surface area contributed by atoms with Gasteiger partial charge in [-0.25, -0.2) is 15.8 Å². The Hall–Kier alpha value is -3.80. The maximum atomic E-state index is 5.88. The topological polar surface area (TPSA) is 128 Å². The summed E-state index contributed by atoms with van der Waals surface area (Å²) in [5.41, 5.74) is 16.1. The number of hydrazone groups is 1. The van der Waals surface area contributed by atoms with E-state index in [0.29, 0.717) is 44.0 Å². The number of aliphatic imine (C=N–C) groups is 2. The molecule has 1 saturated heterocycles. The van der Waals surface area contributed by atoms with Gasteiger partial charge in [0.25, 0.3) is 0 Å². The van der Waals surface area contributed by atoms with E-state index in [0.717, 1.165) is 35.7 Å². The number of benzene rings is 1. The highest BCUT2D eigenvalue weighted by Crippen LogP contribution is 2.25. The SMILES string of the molecule is C=CN=C(/N=C(\CN)N(C)CCOCC)N/N=C/Cc1ccc(Nc2cccc(N3NCCC3C)c2)cn1.CC.CC.CC. The predicted molar refractivity (Wildman–Crippen MR) is 191 cm³/mol. The lowest BCUT2D eigenvalue weighted by atomic mass is 10.2. The second-order valence-electron chi connectivity index (χ2n) is 8.74. The van der Waals surface area contributed by atoms with Gasteiger partial charge in [-0.2, -0.15) is 10.1 Å². The molecular formula is C33H58N10O. The summed E-state index contributed by atoms with van der Waals surface area (Å²) in [6, 6.07) is 12.8. The highest BCUT2D eigenvalue weighted by Gasteiger charge is 2.20. The molecule has 0 saturated carbocycles. The van der Waals surface area contributed by atoms with Gasteiger partial charge in [-0.05, 0) is 50.6 Å². The summed E-state index contributed by atoms with van der Waals surface area (Å²) in [6.07, 6.45) is 6.63. The van der Waals surface area contributed by atoms with Crippen LogP contribution in [0, 0.1) is 0 Å². The summed E-state index contributed by atoms with van der Waals surface area (Å²) in [5.74, 6) is 0.961. The van der Waals surface area contributed by atoms with Crippen LogP contribution in [0.25, 0.3) is 0 Å². The Bertz CT molecular complexity index is 1100. The lowest BCUT2D eigenvalue weighted by molar-refractivity contribution is 0.136. The van der Waals surface area contributed by atoms with E-state index >= 15 is 0 Å². The van der Waals surface area contributed by atoms with Crippen LogP contribution in [-0.4, -0.2) is 73.8 Å². The molecule has 11 nitrogen and oxygen atoms in total. The first kappa shape index (κ1) is 40.2. The maximum Gasteiger partial charge on any atom is 0.245 e. The van der Waals surface area contributed by atoms with E-state index in [1.165, 1.54) is 6.20 Å². The lowest BCUT2D eigenvalue weighted by Gasteiger charge is -2.24. The molecule has 1 aliphatic heterocycles. The predicted octanol–water partition coefficient (Wildman–Crippen LogP) is 5.95. The molecule has 0 aliphatic carbocycles. The number of guanidine groups is 1. The Balaban J connectivity index is 0.00000290. The van der Waals surface area contributed by atoms with E-state index in [9.17, 15) is 0 Å². The summed E-state index contributed by atoms with van der Waals surface area (Å²) in [4.78, 5) is 15.1. The molecule has 0 radical (unpaired) electrons. The largest absolute Gasteiger partial charge is 0.380 e. The van der Waals surface area contributed by atoms with Gasteiger partial charge in [0.1, 0.15) is 5.84 Å². The van der Waals surface area contributed by atoms with E-state index in [-0.39, 0.29) is 6.54 Å². The van der Waals surface area contributed by atoms with Crippen molar-refractivity contribution in [1.82, 2.24) is 20.7 Å². The van der Waals surface area contributed by atoms with Crippen LogP contribution < -0.4 is 26.9 Å². The second kappa shape index (κ2) is 25.7. The van der Waals surface area contributed by atoms with E-state index < -0.39 is 0 Å². The molecule has 5 N–H and O–H groups in total. The van der Waals surface area contributed by atoms with Gasteiger partial charge >= 0.3 is 0 Å². The van der Waals surface area contributed by atoms with E-state index in [1.54, 1.807) is 6.21 Å². The highest BCUT2D eigenvalue weighted by molar-refractivity contribution is 5.97. The van der Waals surface area contributed by atoms with E-state index in [1.807, 2.05) is 84.8 Å². The molecule has 1 unspecified atom stereocenters. The first-order chi connectivity index (χ1) is 21.5. The Morgan fingerprint density at radius 1 is 1.18 bits per heavy atom. The monoisotopic (exact) mass is 610 g/mol. The number of aromatic nitrogens is 1. The molecule has 1 aliphatic rings. The number of ether oxygens (including phenoxy) is 1. The van der Waals surface area contributed by atoms with Crippen molar-refractivity contribution in [1.29, 1.82) is 0 Å². The number of pyridine rings is 1.